The van der Waals surface area contributed by atoms with Gasteiger partial charge in [0, 0.05) is 31.0 Å². The summed E-state index contributed by atoms with van der Waals surface area (Å²) in [6.07, 6.45) is 6.36. The van der Waals surface area contributed by atoms with Crippen molar-refractivity contribution in [2.45, 2.75) is 25.8 Å². The third-order valence-electron chi connectivity index (χ3n) is 6.91. The van der Waals surface area contributed by atoms with E-state index >= 15 is 0 Å². The van der Waals surface area contributed by atoms with E-state index in [-0.39, 0.29) is 24.8 Å². The zero-order chi connectivity index (χ0) is 23.8. The number of benzene rings is 2. The first-order valence-electron chi connectivity index (χ1n) is 11.9. The second-order valence-electron chi connectivity index (χ2n) is 9.17. The molecule has 4 heterocycles. The summed E-state index contributed by atoms with van der Waals surface area (Å²) >= 11 is 0. The highest BCUT2D eigenvalue weighted by Gasteiger charge is 2.24. The minimum atomic E-state index is -0.237. The van der Waals surface area contributed by atoms with Crippen LogP contribution in [-0.4, -0.2) is 44.9 Å². The van der Waals surface area contributed by atoms with Crippen LogP contribution in [0.15, 0.2) is 71.8 Å². The summed E-state index contributed by atoms with van der Waals surface area (Å²) in [4.78, 5) is 28.0. The number of piperidine rings is 1. The van der Waals surface area contributed by atoms with Crippen LogP contribution in [0.2, 0.25) is 0 Å². The van der Waals surface area contributed by atoms with Crippen LogP contribution in [0.5, 0.6) is 11.5 Å². The van der Waals surface area contributed by atoms with Gasteiger partial charge in [-0.15, -0.1) is 0 Å². The minimum absolute atomic E-state index is 0.0230. The van der Waals surface area contributed by atoms with E-state index in [9.17, 15) is 9.59 Å². The van der Waals surface area contributed by atoms with Crippen LogP contribution >= 0.6 is 0 Å². The van der Waals surface area contributed by atoms with Crippen molar-refractivity contribution in [3.8, 4) is 22.8 Å². The number of likely N-dealkylation sites (tertiary alicyclic amines) is 1. The molecule has 0 radical (unpaired) electrons. The zero-order valence-corrected chi connectivity index (χ0v) is 19.3. The zero-order valence-electron chi connectivity index (χ0n) is 19.3. The van der Waals surface area contributed by atoms with E-state index in [1.54, 1.807) is 23.0 Å². The molecule has 0 bridgehead atoms. The van der Waals surface area contributed by atoms with Gasteiger partial charge in [0.25, 0.3) is 5.56 Å². The molecule has 1 saturated heterocycles. The lowest BCUT2D eigenvalue weighted by atomic mass is 9.90. The number of fused-ring (bicyclic) bond motifs is 2. The molecule has 8 nitrogen and oxygen atoms in total. The molecule has 178 valence electrons. The van der Waals surface area contributed by atoms with Crippen molar-refractivity contribution in [3.63, 3.8) is 0 Å². The maximum Gasteiger partial charge on any atom is 0.277 e. The molecular weight excluding hydrogens is 444 g/mol. The Morgan fingerprint density at radius 2 is 1.77 bits per heavy atom. The summed E-state index contributed by atoms with van der Waals surface area (Å²) in [5.74, 6) is 1.92. The molecule has 0 atom stereocenters. The fraction of sp³-hybridized carbons (Fsp3) is 0.296. The molecule has 0 unspecified atom stereocenters. The fourth-order valence-corrected chi connectivity index (χ4v) is 4.93. The topological polar surface area (TPSA) is 78.1 Å². The van der Waals surface area contributed by atoms with Crippen molar-refractivity contribution in [3.05, 3.63) is 82.9 Å². The van der Waals surface area contributed by atoms with Gasteiger partial charge in [0.05, 0.1) is 5.69 Å². The lowest BCUT2D eigenvalue weighted by Crippen LogP contribution is -2.42. The highest BCUT2D eigenvalue weighted by molar-refractivity contribution is 5.76. The smallest absolute Gasteiger partial charge is 0.277 e. The van der Waals surface area contributed by atoms with Crippen LogP contribution in [0.1, 0.15) is 18.4 Å². The van der Waals surface area contributed by atoms with Crippen LogP contribution in [-0.2, 0) is 17.8 Å². The Kier molecular flexibility index (Phi) is 5.48. The van der Waals surface area contributed by atoms with Crippen molar-refractivity contribution >= 4 is 11.4 Å². The lowest BCUT2D eigenvalue weighted by Gasteiger charge is -2.32. The largest absolute Gasteiger partial charge is 0.454 e. The van der Waals surface area contributed by atoms with E-state index in [1.165, 1.54) is 10.1 Å². The van der Waals surface area contributed by atoms with Crippen molar-refractivity contribution in [2.75, 3.05) is 19.9 Å². The van der Waals surface area contributed by atoms with Crippen LogP contribution in [0.25, 0.3) is 16.8 Å². The third kappa shape index (κ3) is 4.27. The summed E-state index contributed by atoms with van der Waals surface area (Å²) in [6.45, 7) is 1.69. The second-order valence-corrected chi connectivity index (χ2v) is 9.17. The Labute approximate surface area is 202 Å². The van der Waals surface area contributed by atoms with Gasteiger partial charge < -0.3 is 18.9 Å². The van der Waals surface area contributed by atoms with Gasteiger partial charge in [0.1, 0.15) is 12.1 Å². The number of hydrogen-bond donors (Lipinski definition) is 0. The highest BCUT2D eigenvalue weighted by atomic mass is 16.7. The molecule has 35 heavy (non-hydrogen) atoms. The van der Waals surface area contributed by atoms with E-state index in [2.05, 4.69) is 29.4 Å². The lowest BCUT2D eigenvalue weighted by molar-refractivity contribution is -0.133. The highest BCUT2D eigenvalue weighted by Crippen LogP contribution is 2.35. The Balaban J connectivity index is 1.14. The van der Waals surface area contributed by atoms with E-state index < -0.39 is 0 Å². The van der Waals surface area contributed by atoms with Gasteiger partial charge >= 0.3 is 0 Å². The molecule has 0 spiro atoms. The second kappa shape index (κ2) is 8.94. The van der Waals surface area contributed by atoms with Crippen LogP contribution in [0.3, 0.4) is 0 Å². The summed E-state index contributed by atoms with van der Waals surface area (Å²) in [5.41, 5.74) is 3.02. The van der Waals surface area contributed by atoms with Crippen molar-refractivity contribution in [2.24, 2.45) is 5.92 Å². The molecule has 0 aliphatic carbocycles. The number of nitrogens with zero attached hydrogens (tertiary/aromatic N) is 4. The predicted molar refractivity (Wildman–Crippen MR) is 130 cm³/mol. The third-order valence-corrected chi connectivity index (χ3v) is 6.91. The first-order chi connectivity index (χ1) is 17.1. The number of rotatable bonds is 5. The summed E-state index contributed by atoms with van der Waals surface area (Å²) in [7, 11) is 0. The van der Waals surface area contributed by atoms with Gasteiger partial charge in [-0.3, -0.25) is 9.59 Å². The molecule has 2 aliphatic heterocycles. The molecule has 1 fully saturated rings. The predicted octanol–water partition coefficient (Wildman–Crippen LogP) is 3.37. The van der Waals surface area contributed by atoms with Crippen molar-refractivity contribution < 1.29 is 14.3 Å². The Bertz CT molecular complexity index is 1430. The first kappa shape index (κ1) is 21.5. The average molecular weight is 471 g/mol. The van der Waals surface area contributed by atoms with Crippen molar-refractivity contribution in [1.29, 1.82) is 0 Å². The molecule has 0 saturated carbocycles. The minimum Gasteiger partial charge on any atom is -0.454 e. The van der Waals surface area contributed by atoms with Gasteiger partial charge in [0.2, 0.25) is 12.7 Å². The van der Waals surface area contributed by atoms with Crippen molar-refractivity contribution in [1.82, 2.24) is 19.1 Å². The molecular formula is C27H26N4O4. The SMILES string of the molecule is O=C(Cn1ccn2nc(-c3ccc4c(c3)OCO4)cc2c1=O)N1CCC(Cc2ccccc2)CC1. The molecule has 2 aromatic heterocycles. The number of carbonyl (C=O) groups is 1. The Morgan fingerprint density at radius 1 is 0.971 bits per heavy atom. The van der Waals surface area contributed by atoms with Crippen LogP contribution in [0.4, 0.5) is 0 Å². The quantitative estimate of drug-likeness (QED) is 0.447. The fourth-order valence-electron chi connectivity index (χ4n) is 4.93. The van der Waals surface area contributed by atoms with Gasteiger partial charge in [0.15, 0.2) is 11.5 Å². The Hall–Kier alpha value is -4.07. The molecule has 2 aromatic carbocycles. The van der Waals surface area contributed by atoms with Gasteiger partial charge in [-0.1, -0.05) is 30.3 Å². The molecule has 6 rings (SSSR count). The van der Waals surface area contributed by atoms with E-state index in [0.29, 0.717) is 28.6 Å². The first-order valence-corrected chi connectivity index (χ1v) is 11.9. The van der Waals surface area contributed by atoms with E-state index in [1.807, 2.05) is 29.2 Å². The molecule has 4 aromatic rings. The number of carbonyl (C=O) groups excluding carboxylic acids is 1. The molecule has 2 aliphatic rings. The Morgan fingerprint density at radius 3 is 2.60 bits per heavy atom. The summed E-state index contributed by atoms with van der Waals surface area (Å²) < 4.78 is 13.8. The normalized spacial score (nSPS) is 15.6. The molecule has 0 N–H and O–H groups in total. The van der Waals surface area contributed by atoms with E-state index in [4.69, 9.17) is 9.47 Å². The molecule has 1 amide bonds. The molecule has 8 heteroatoms. The van der Waals surface area contributed by atoms with Gasteiger partial charge in [-0.25, -0.2) is 4.52 Å². The number of aromatic nitrogens is 3. The standard InChI is InChI=1S/C27H26N4O4/c32-26(29-10-8-20(9-11-29)14-19-4-2-1-3-5-19)17-30-12-13-31-23(27(30)33)16-22(28-31)21-6-7-24-25(15-21)35-18-34-24/h1-7,12-13,15-16,20H,8-11,14,17-18H2. The van der Waals surface area contributed by atoms with Gasteiger partial charge in [-0.05, 0) is 55.0 Å². The maximum atomic E-state index is 13.1. The summed E-state index contributed by atoms with van der Waals surface area (Å²) in [5, 5.41) is 4.53. The maximum absolute atomic E-state index is 13.1. The average Bonchev–Trinajstić information content (AvgIpc) is 3.54. The van der Waals surface area contributed by atoms with Crippen LogP contribution < -0.4 is 15.0 Å². The van der Waals surface area contributed by atoms with E-state index in [0.717, 1.165) is 37.9 Å². The number of amides is 1. The monoisotopic (exact) mass is 470 g/mol. The van der Waals surface area contributed by atoms with Gasteiger partial charge in [-0.2, -0.15) is 5.10 Å². The number of ether oxygens (including phenoxy) is 2. The number of hydrogen-bond acceptors (Lipinski definition) is 5. The van der Waals surface area contributed by atoms with Crippen LogP contribution in [0, 0.1) is 5.92 Å². The summed E-state index contributed by atoms with van der Waals surface area (Å²) in [6, 6.07) is 17.8.